The third kappa shape index (κ3) is 3.10. The molecular formula is C15H23N3. The van der Waals surface area contributed by atoms with E-state index in [1.807, 2.05) is 6.07 Å². The van der Waals surface area contributed by atoms with Gasteiger partial charge in [0.2, 0.25) is 0 Å². The molecule has 0 aliphatic carbocycles. The maximum atomic E-state index is 4.68. The Bertz CT molecular complexity index is 499. The van der Waals surface area contributed by atoms with E-state index in [-0.39, 0.29) is 0 Å². The van der Waals surface area contributed by atoms with Crippen LogP contribution in [-0.2, 0) is 13.5 Å². The van der Waals surface area contributed by atoms with Crippen molar-refractivity contribution < 1.29 is 0 Å². The van der Waals surface area contributed by atoms with Gasteiger partial charge in [0.15, 0.2) is 0 Å². The van der Waals surface area contributed by atoms with Crippen molar-refractivity contribution in [1.82, 2.24) is 14.9 Å². The predicted octanol–water partition coefficient (Wildman–Crippen LogP) is 2.75. The number of benzene rings is 1. The lowest BCUT2D eigenvalue weighted by Gasteiger charge is -2.07. The number of para-hydroxylation sites is 2. The van der Waals surface area contributed by atoms with Crippen molar-refractivity contribution in [1.29, 1.82) is 0 Å². The van der Waals surface area contributed by atoms with Crippen LogP contribution in [0.5, 0.6) is 0 Å². The smallest absolute Gasteiger partial charge is 0.109 e. The van der Waals surface area contributed by atoms with Crippen LogP contribution in [0.3, 0.4) is 0 Å². The molecule has 98 valence electrons. The molecule has 0 atom stereocenters. The second kappa shape index (κ2) is 6.01. The molecule has 0 amide bonds. The summed E-state index contributed by atoms with van der Waals surface area (Å²) in [5.41, 5.74) is 2.33. The third-order valence-corrected chi connectivity index (χ3v) is 3.19. The maximum Gasteiger partial charge on any atom is 0.109 e. The van der Waals surface area contributed by atoms with Crippen LogP contribution in [0.4, 0.5) is 0 Å². The average molecular weight is 245 g/mol. The van der Waals surface area contributed by atoms with E-state index in [0.717, 1.165) is 37.4 Å². The molecule has 1 N–H and O–H groups in total. The molecule has 0 unspecified atom stereocenters. The summed E-state index contributed by atoms with van der Waals surface area (Å²) in [6.07, 6.45) is 2.18. The minimum absolute atomic E-state index is 0.723. The molecule has 1 heterocycles. The first-order valence-electron chi connectivity index (χ1n) is 6.79. The van der Waals surface area contributed by atoms with E-state index in [1.165, 1.54) is 11.3 Å². The topological polar surface area (TPSA) is 29.9 Å². The molecule has 3 nitrogen and oxygen atoms in total. The van der Waals surface area contributed by atoms with Crippen LogP contribution in [-0.4, -0.2) is 22.6 Å². The largest absolute Gasteiger partial charge is 0.331 e. The summed E-state index contributed by atoms with van der Waals surface area (Å²) < 4.78 is 2.21. The Morgan fingerprint density at radius 3 is 2.78 bits per heavy atom. The summed E-state index contributed by atoms with van der Waals surface area (Å²) in [6.45, 7) is 6.64. The number of rotatable bonds is 6. The molecule has 0 spiro atoms. The number of imidazole rings is 1. The van der Waals surface area contributed by atoms with E-state index in [0.29, 0.717) is 0 Å². The van der Waals surface area contributed by atoms with Crippen LogP contribution in [0.2, 0.25) is 0 Å². The molecule has 0 bridgehead atoms. The van der Waals surface area contributed by atoms with Gasteiger partial charge in [-0.15, -0.1) is 0 Å². The fraction of sp³-hybridized carbons (Fsp3) is 0.533. The second-order valence-electron chi connectivity index (χ2n) is 5.28. The van der Waals surface area contributed by atoms with Crippen LogP contribution in [0.15, 0.2) is 24.3 Å². The van der Waals surface area contributed by atoms with Crippen molar-refractivity contribution in [3.8, 4) is 0 Å². The minimum Gasteiger partial charge on any atom is -0.331 e. The van der Waals surface area contributed by atoms with Crippen molar-refractivity contribution in [3.05, 3.63) is 30.1 Å². The molecule has 18 heavy (non-hydrogen) atoms. The zero-order valence-corrected chi connectivity index (χ0v) is 11.6. The molecule has 0 radical (unpaired) electrons. The Hall–Kier alpha value is -1.35. The second-order valence-corrected chi connectivity index (χ2v) is 5.28. The van der Waals surface area contributed by atoms with Gasteiger partial charge in [0.25, 0.3) is 0 Å². The Balaban J connectivity index is 1.90. The van der Waals surface area contributed by atoms with Crippen LogP contribution in [0.1, 0.15) is 26.1 Å². The van der Waals surface area contributed by atoms with Gasteiger partial charge in [0, 0.05) is 13.5 Å². The summed E-state index contributed by atoms with van der Waals surface area (Å²) in [5.74, 6) is 1.91. The number of nitrogens with zero attached hydrogens (tertiary/aromatic N) is 2. The number of fused-ring (bicyclic) bond motifs is 1. The Labute approximate surface area is 109 Å². The Kier molecular flexibility index (Phi) is 4.37. The van der Waals surface area contributed by atoms with Gasteiger partial charge in [-0.25, -0.2) is 4.98 Å². The van der Waals surface area contributed by atoms with Crippen molar-refractivity contribution in [2.24, 2.45) is 13.0 Å². The molecule has 2 rings (SSSR count). The quantitative estimate of drug-likeness (QED) is 0.793. The first-order chi connectivity index (χ1) is 8.68. The molecule has 1 aromatic heterocycles. The van der Waals surface area contributed by atoms with E-state index in [4.69, 9.17) is 0 Å². The summed E-state index contributed by atoms with van der Waals surface area (Å²) in [4.78, 5) is 4.68. The van der Waals surface area contributed by atoms with Gasteiger partial charge in [-0.3, -0.25) is 0 Å². The van der Waals surface area contributed by atoms with E-state index >= 15 is 0 Å². The van der Waals surface area contributed by atoms with Crippen LogP contribution >= 0.6 is 0 Å². The fourth-order valence-electron chi connectivity index (χ4n) is 2.18. The number of aromatic nitrogens is 2. The summed E-state index contributed by atoms with van der Waals surface area (Å²) in [5, 5.41) is 3.47. The highest BCUT2D eigenvalue weighted by Gasteiger charge is 2.06. The molecule has 2 aromatic rings. The van der Waals surface area contributed by atoms with Gasteiger partial charge >= 0.3 is 0 Å². The van der Waals surface area contributed by atoms with Crippen molar-refractivity contribution in [3.63, 3.8) is 0 Å². The van der Waals surface area contributed by atoms with Crippen molar-refractivity contribution in [2.45, 2.75) is 26.7 Å². The lowest BCUT2D eigenvalue weighted by molar-refractivity contribution is 0.539. The highest BCUT2D eigenvalue weighted by Crippen LogP contribution is 2.14. The highest BCUT2D eigenvalue weighted by molar-refractivity contribution is 5.75. The first-order valence-corrected chi connectivity index (χ1v) is 6.79. The SMILES string of the molecule is CC(C)CNCCCc1nc2ccccc2n1C. The maximum absolute atomic E-state index is 4.68. The molecule has 1 aromatic carbocycles. The number of aryl methyl sites for hydroxylation is 2. The van der Waals surface area contributed by atoms with Gasteiger partial charge in [-0.1, -0.05) is 26.0 Å². The molecule has 0 fully saturated rings. The lowest BCUT2D eigenvalue weighted by atomic mass is 10.2. The lowest BCUT2D eigenvalue weighted by Crippen LogP contribution is -2.21. The number of hydrogen-bond acceptors (Lipinski definition) is 2. The average Bonchev–Trinajstić information content (AvgIpc) is 2.66. The Morgan fingerprint density at radius 2 is 2.06 bits per heavy atom. The van der Waals surface area contributed by atoms with Crippen molar-refractivity contribution in [2.75, 3.05) is 13.1 Å². The van der Waals surface area contributed by atoms with Crippen LogP contribution in [0.25, 0.3) is 11.0 Å². The van der Waals surface area contributed by atoms with Crippen molar-refractivity contribution >= 4 is 11.0 Å². The fourth-order valence-corrected chi connectivity index (χ4v) is 2.18. The van der Waals surface area contributed by atoms with Gasteiger partial charge in [-0.2, -0.15) is 0 Å². The van der Waals surface area contributed by atoms with Crippen LogP contribution in [0, 0.1) is 5.92 Å². The van der Waals surface area contributed by atoms with Gasteiger partial charge in [0.1, 0.15) is 5.82 Å². The zero-order valence-electron chi connectivity index (χ0n) is 11.6. The van der Waals surface area contributed by atoms with E-state index in [1.54, 1.807) is 0 Å². The first kappa shape index (κ1) is 13.1. The molecule has 3 heteroatoms. The van der Waals surface area contributed by atoms with E-state index in [9.17, 15) is 0 Å². The van der Waals surface area contributed by atoms with Gasteiger partial charge < -0.3 is 9.88 Å². The molecule has 0 aliphatic rings. The normalized spacial score (nSPS) is 11.6. The number of nitrogens with one attached hydrogen (secondary N) is 1. The predicted molar refractivity (Wildman–Crippen MR) is 76.7 cm³/mol. The van der Waals surface area contributed by atoms with Gasteiger partial charge in [-0.05, 0) is 37.6 Å². The monoisotopic (exact) mass is 245 g/mol. The van der Waals surface area contributed by atoms with Crippen LogP contribution < -0.4 is 5.32 Å². The molecule has 0 saturated heterocycles. The molecule has 0 aliphatic heterocycles. The minimum atomic E-state index is 0.723. The van der Waals surface area contributed by atoms with Gasteiger partial charge in [0.05, 0.1) is 11.0 Å². The third-order valence-electron chi connectivity index (χ3n) is 3.19. The summed E-state index contributed by atoms with van der Waals surface area (Å²) in [6, 6.07) is 8.32. The van der Waals surface area contributed by atoms with E-state index in [2.05, 4.69) is 54.0 Å². The van der Waals surface area contributed by atoms with E-state index < -0.39 is 0 Å². The standard InChI is InChI=1S/C15H23N3/c1-12(2)11-16-10-6-9-15-17-13-7-4-5-8-14(13)18(15)3/h4-5,7-8,12,16H,6,9-11H2,1-3H3. The summed E-state index contributed by atoms with van der Waals surface area (Å²) in [7, 11) is 2.10. The summed E-state index contributed by atoms with van der Waals surface area (Å²) >= 11 is 0. The molecule has 0 saturated carbocycles. The Morgan fingerprint density at radius 1 is 1.28 bits per heavy atom. The molecular weight excluding hydrogens is 222 g/mol. The highest BCUT2D eigenvalue weighted by atomic mass is 15.1. The number of hydrogen-bond donors (Lipinski definition) is 1. The zero-order chi connectivity index (χ0) is 13.0.